The van der Waals surface area contributed by atoms with E-state index >= 15 is 0 Å². The molecule has 20 heavy (non-hydrogen) atoms. The van der Waals surface area contributed by atoms with E-state index in [0.717, 1.165) is 29.3 Å². The molecule has 5 heteroatoms. The Morgan fingerprint density at radius 3 is 2.70 bits per heavy atom. The highest BCUT2D eigenvalue weighted by atomic mass is 79.9. The Balaban J connectivity index is 2.20. The molecule has 3 unspecified atom stereocenters. The van der Waals surface area contributed by atoms with Gasteiger partial charge in [-0.3, -0.25) is 0 Å². The van der Waals surface area contributed by atoms with Crippen LogP contribution >= 0.6 is 15.9 Å². The quantitative estimate of drug-likeness (QED) is 0.899. The Kier molecular flexibility index (Phi) is 4.92. The van der Waals surface area contributed by atoms with Gasteiger partial charge in [0.15, 0.2) is 0 Å². The summed E-state index contributed by atoms with van der Waals surface area (Å²) in [5, 5.41) is -0.222. The molecule has 1 aromatic rings. The van der Waals surface area contributed by atoms with E-state index in [0.29, 0.717) is 6.42 Å². The molecule has 2 N–H and O–H groups in total. The second-order valence-corrected chi connectivity index (χ2v) is 9.15. The Morgan fingerprint density at radius 2 is 2.05 bits per heavy atom. The summed E-state index contributed by atoms with van der Waals surface area (Å²) in [6.45, 7) is 2.05. The van der Waals surface area contributed by atoms with Crippen molar-refractivity contribution < 1.29 is 8.42 Å². The van der Waals surface area contributed by atoms with E-state index in [-0.39, 0.29) is 17.2 Å². The third-order valence-corrected chi connectivity index (χ3v) is 6.51. The predicted molar refractivity (Wildman–Crippen MR) is 86.4 cm³/mol. The predicted octanol–water partition coefficient (Wildman–Crippen LogP) is 3.36. The highest BCUT2D eigenvalue weighted by molar-refractivity contribution is 9.10. The minimum atomic E-state index is -2.96. The smallest absolute Gasteiger partial charge is 0.150 e. The first-order valence-corrected chi connectivity index (χ1v) is 9.74. The molecule has 3 atom stereocenters. The molecule has 1 aliphatic carbocycles. The van der Waals surface area contributed by atoms with Gasteiger partial charge in [-0.2, -0.15) is 0 Å². The molecule has 1 aliphatic rings. The van der Waals surface area contributed by atoms with Gasteiger partial charge in [-0.15, -0.1) is 0 Å². The molecule has 0 aliphatic heterocycles. The van der Waals surface area contributed by atoms with E-state index in [1.807, 2.05) is 6.07 Å². The summed E-state index contributed by atoms with van der Waals surface area (Å²) in [7, 11) is -2.96. The van der Waals surface area contributed by atoms with Crippen molar-refractivity contribution in [2.45, 2.75) is 43.9 Å². The van der Waals surface area contributed by atoms with Crippen LogP contribution in [0.15, 0.2) is 22.7 Å². The molecule has 0 amide bonds. The van der Waals surface area contributed by atoms with Gasteiger partial charge < -0.3 is 5.73 Å². The Morgan fingerprint density at radius 1 is 1.35 bits per heavy atom. The fourth-order valence-electron chi connectivity index (χ4n) is 3.12. The van der Waals surface area contributed by atoms with Crippen LogP contribution in [0.4, 0.5) is 0 Å². The van der Waals surface area contributed by atoms with Crippen molar-refractivity contribution in [3.8, 4) is 0 Å². The minimum Gasteiger partial charge on any atom is -0.324 e. The van der Waals surface area contributed by atoms with Gasteiger partial charge in [-0.05, 0) is 55.4 Å². The van der Waals surface area contributed by atoms with Gasteiger partial charge in [0.05, 0.1) is 5.25 Å². The van der Waals surface area contributed by atoms with Crippen LogP contribution in [0.3, 0.4) is 0 Å². The van der Waals surface area contributed by atoms with Crippen molar-refractivity contribution in [1.82, 2.24) is 0 Å². The SMILES string of the molecule is Cc1ccc(Br)cc1C(N)C1CCCC(S(C)(=O)=O)C1. The van der Waals surface area contributed by atoms with Gasteiger partial charge in [0.1, 0.15) is 9.84 Å². The van der Waals surface area contributed by atoms with Crippen molar-refractivity contribution in [3.63, 3.8) is 0 Å². The van der Waals surface area contributed by atoms with Crippen molar-refractivity contribution in [2.75, 3.05) is 6.26 Å². The lowest BCUT2D eigenvalue weighted by molar-refractivity contribution is 0.308. The lowest BCUT2D eigenvalue weighted by Crippen LogP contribution is -2.33. The van der Waals surface area contributed by atoms with Crippen molar-refractivity contribution in [2.24, 2.45) is 11.7 Å². The fourth-order valence-corrected chi connectivity index (χ4v) is 4.69. The first-order valence-electron chi connectivity index (χ1n) is 6.99. The summed E-state index contributed by atoms with van der Waals surface area (Å²) < 4.78 is 24.5. The van der Waals surface area contributed by atoms with Crippen LogP contribution in [0.2, 0.25) is 0 Å². The zero-order valence-electron chi connectivity index (χ0n) is 12.0. The Hall–Kier alpha value is -0.390. The molecular weight excluding hydrogens is 338 g/mol. The van der Waals surface area contributed by atoms with Crippen LogP contribution in [-0.4, -0.2) is 19.9 Å². The number of sulfone groups is 1. The van der Waals surface area contributed by atoms with Crippen molar-refractivity contribution in [1.29, 1.82) is 0 Å². The second-order valence-electron chi connectivity index (χ2n) is 5.90. The second kappa shape index (κ2) is 6.16. The van der Waals surface area contributed by atoms with Crippen LogP contribution < -0.4 is 5.73 Å². The molecular formula is C15H22BrNO2S. The summed E-state index contributed by atoms with van der Waals surface area (Å²) in [4.78, 5) is 0. The summed E-state index contributed by atoms with van der Waals surface area (Å²) >= 11 is 3.48. The molecule has 0 heterocycles. The maximum atomic E-state index is 11.8. The molecule has 0 saturated heterocycles. The van der Waals surface area contributed by atoms with Crippen LogP contribution in [0, 0.1) is 12.8 Å². The monoisotopic (exact) mass is 359 g/mol. The lowest BCUT2D eigenvalue weighted by Gasteiger charge is -2.32. The van der Waals surface area contributed by atoms with Crippen LogP contribution in [0.25, 0.3) is 0 Å². The maximum absolute atomic E-state index is 11.8. The molecule has 112 valence electrons. The number of rotatable bonds is 3. The van der Waals surface area contributed by atoms with Gasteiger partial charge in [0.25, 0.3) is 0 Å². The van der Waals surface area contributed by atoms with Crippen LogP contribution in [-0.2, 0) is 9.84 Å². The average Bonchev–Trinajstić information content (AvgIpc) is 2.40. The van der Waals surface area contributed by atoms with E-state index in [4.69, 9.17) is 5.73 Å². The molecule has 2 rings (SSSR count). The minimum absolute atomic E-state index is 0.0861. The molecule has 0 radical (unpaired) electrons. The van der Waals surface area contributed by atoms with E-state index in [2.05, 4.69) is 35.0 Å². The number of nitrogens with two attached hydrogens (primary N) is 1. The third kappa shape index (κ3) is 3.62. The summed E-state index contributed by atoms with van der Waals surface area (Å²) in [6.07, 6.45) is 4.77. The standard InChI is InChI=1S/C15H22BrNO2S/c1-10-6-7-12(16)9-14(10)15(17)11-4-3-5-13(8-11)20(2,18)19/h6-7,9,11,13,15H,3-5,8,17H2,1-2H3. The fraction of sp³-hybridized carbons (Fsp3) is 0.600. The normalized spacial score (nSPS) is 25.4. The van der Waals surface area contributed by atoms with Crippen LogP contribution in [0.1, 0.15) is 42.9 Å². The lowest BCUT2D eigenvalue weighted by atomic mass is 9.80. The highest BCUT2D eigenvalue weighted by Crippen LogP contribution is 2.37. The van der Waals surface area contributed by atoms with Gasteiger partial charge in [-0.25, -0.2) is 8.42 Å². The van der Waals surface area contributed by atoms with Crippen molar-refractivity contribution in [3.05, 3.63) is 33.8 Å². The molecule has 0 spiro atoms. The zero-order valence-corrected chi connectivity index (χ0v) is 14.4. The summed E-state index contributed by atoms with van der Waals surface area (Å²) in [6, 6.07) is 6.03. The number of benzene rings is 1. The molecule has 1 saturated carbocycles. The van der Waals surface area contributed by atoms with E-state index < -0.39 is 9.84 Å². The number of hydrogen-bond donors (Lipinski definition) is 1. The van der Waals surface area contributed by atoms with Crippen LogP contribution in [0.5, 0.6) is 0 Å². The van der Waals surface area contributed by atoms with Gasteiger partial charge in [0, 0.05) is 16.8 Å². The Bertz CT molecular complexity index is 586. The van der Waals surface area contributed by atoms with Gasteiger partial charge in [0.2, 0.25) is 0 Å². The third-order valence-electron chi connectivity index (χ3n) is 4.38. The molecule has 1 fully saturated rings. The molecule has 1 aromatic carbocycles. The molecule has 0 bridgehead atoms. The topological polar surface area (TPSA) is 60.2 Å². The number of halogens is 1. The van der Waals surface area contributed by atoms with Gasteiger partial charge in [-0.1, -0.05) is 28.4 Å². The van der Waals surface area contributed by atoms with Gasteiger partial charge >= 0.3 is 0 Å². The highest BCUT2D eigenvalue weighted by Gasteiger charge is 2.32. The maximum Gasteiger partial charge on any atom is 0.150 e. The van der Waals surface area contributed by atoms with E-state index in [1.54, 1.807) is 0 Å². The summed E-state index contributed by atoms with van der Waals surface area (Å²) in [5.74, 6) is 0.247. The van der Waals surface area contributed by atoms with Crippen molar-refractivity contribution >= 4 is 25.8 Å². The zero-order chi connectivity index (χ0) is 14.9. The summed E-state index contributed by atoms with van der Waals surface area (Å²) in [5.41, 5.74) is 8.72. The van der Waals surface area contributed by atoms with E-state index in [9.17, 15) is 8.42 Å². The van der Waals surface area contributed by atoms with E-state index in [1.165, 1.54) is 11.8 Å². The largest absolute Gasteiger partial charge is 0.324 e. The number of hydrogen-bond acceptors (Lipinski definition) is 3. The molecule has 0 aromatic heterocycles. The average molecular weight is 360 g/mol. The number of aryl methyl sites for hydroxylation is 1. The first-order chi connectivity index (χ1) is 9.29. The first kappa shape index (κ1) is 16.0. The Labute approximate surface area is 130 Å². The molecule has 3 nitrogen and oxygen atoms in total.